The zero-order valence-electron chi connectivity index (χ0n) is 12.2. The molecule has 5 heteroatoms. The average Bonchev–Trinajstić information content (AvgIpc) is 3.14. The van der Waals surface area contributed by atoms with Crippen LogP contribution >= 0.6 is 0 Å². The number of nitrogens with zero attached hydrogens (tertiary/aromatic N) is 1. The number of hydrogen-bond donors (Lipinski definition) is 1. The molecular formula is C16H20N2O3. The summed E-state index contributed by atoms with van der Waals surface area (Å²) in [6.45, 7) is 1.74. The molecule has 0 radical (unpaired) electrons. The van der Waals surface area contributed by atoms with E-state index in [1.54, 1.807) is 7.11 Å². The number of carbonyl (C=O) groups is 1. The minimum Gasteiger partial charge on any atom is -0.497 e. The number of hydrogen-bond acceptors (Lipinski definition) is 3. The Balaban J connectivity index is 1.62. The van der Waals surface area contributed by atoms with Gasteiger partial charge in [0.15, 0.2) is 0 Å². The second-order valence-electron chi connectivity index (χ2n) is 5.31. The van der Waals surface area contributed by atoms with E-state index in [1.807, 2.05) is 35.0 Å². The molecule has 1 saturated heterocycles. The average molecular weight is 288 g/mol. The van der Waals surface area contributed by atoms with Gasteiger partial charge in [-0.05, 0) is 37.1 Å². The Morgan fingerprint density at radius 3 is 3.14 bits per heavy atom. The van der Waals surface area contributed by atoms with Crippen molar-refractivity contribution >= 4 is 16.8 Å². The highest BCUT2D eigenvalue weighted by Crippen LogP contribution is 2.21. The maximum absolute atomic E-state index is 12.0. The van der Waals surface area contributed by atoms with Crippen LogP contribution in [0.25, 0.3) is 10.9 Å². The van der Waals surface area contributed by atoms with Gasteiger partial charge in [0.05, 0.1) is 13.2 Å². The monoisotopic (exact) mass is 288 g/mol. The van der Waals surface area contributed by atoms with Crippen LogP contribution in [0.1, 0.15) is 12.8 Å². The Labute approximate surface area is 123 Å². The third-order valence-electron chi connectivity index (χ3n) is 3.84. The van der Waals surface area contributed by atoms with Gasteiger partial charge in [0.2, 0.25) is 5.91 Å². The number of fused-ring (bicyclic) bond motifs is 1. The number of amides is 1. The molecule has 1 aromatic heterocycles. The normalized spacial score (nSPS) is 18.0. The summed E-state index contributed by atoms with van der Waals surface area (Å²) in [6, 6.07) is 7.84. The van der Waals surface area contributed by atoms with Crippen molar-refractivity contribution in [1.29, 1.82) is 0 Å². The van der Waals surface area contributed by atoms with Gasteiger partial charge in [-0.25, -0.2) is 0 Å². The number of nitrogens with one attached hydrogen (secondary N) is 1. The largest absolute Gasteiger partial charge is 0.497 e. The lowest BCUT2D eigenvalue weighted by molar-refractivity contribution is -0.122. The van der Waals surface area contributed by atoms with Crippen LogP contribution in [0.5, 0.6) is 5.75 Å². The van der Waals surface area contributed by atoms with Gasteiger partial charge in [-0.2, -0.15) is 0 Å². The third kappa shape index (κ3) is 3.19. The lowest BCUT2D eigenvalue weighted by Gasteiger charge is -2.11. The number of ether oxygens (including phenoxy) is 2. The van der Waals surface area contributed by atoms with Crippen molar-refractivity contribution in [3.05, 3.63) is 30.5 Å². The first-order valence-corrected chi connectivity index (χ1v) is 7.27. The second-order valence-corrected chi connectivity index (χ2v) is 5.31. The molecule has 1 unspecified atom stereocenters. The van der Waals surface area contributed by atoms with Crippen molar-refractivity contribution < 1.29 is 14.3 Å². The molecule has 1 amide bonds. The molecule has 2 aromatic rings. The van der Waals surface area contributed by atoms with Gasteiger partial charge in [0.25, 0.3) is 0 Å². The highest BCUT2D eigenvalue weighted by Gasteiger charge is 2.16. The van der Waals surface area contributed by atoms with Crippen molar-refractivity contribution in [2.75, 3.05) is 20.3 Å². The maximum Gasteiger partial charge on any atom is 0.240 e. The van der Waals surface area contributed by atoms with E-state index in [1.165, 1.54) is 0 Å². The zero-order valence-corrected chi connectivity index (χ0v) is 12.2. The fourth-order valence-corrected chi connectivity index (χ4v) is 2.69. The van der Waals surface area contributed by atoms with E-state index in [0.717, 1.165) is 36.1 Å². The van der Waals surface area contributed by atoms with Crippen molar-refractivity contribution in [3.63, 3.8) is 0 Å². The first-order valence-electron chi connectivity index (χ1n) is 7.27. The molecule has 5 nitrogen and oxygen atoms in total. The Hall–Kier alpha value is -2.01. The SMILES string of the molecule is COc1ccc2c(ccn2CC(=O)NCC2CCCO2)c1. The van der Waals surface area contributed by atoms with Gasteiger partial charge >= 0.3 is 0 Å². The standard InChI is InChI=1S/C16H20N2O3/c1-20-13-4-5-15-12(9-13)6-7-18(15)11-16(19)17-10-14-3-2-8-21-14/h4-7,9,14H,2-3,8,10-11H2,1H3,(H,17,19). The molecule has 2 heterocycles. The lowest BCUT2D eigenvalue weighted by Crippen LogP contribution is -2.33. The third-order valence-corrected chi connectivity index (χ3v) is 3.84. The zero-order chi connectivity index (χ0) is 14.7. The Kier molecular flexibility index (Phi) is 4.10. The van der Waals surface area contributed by atoms with Gasteiger partial charge in [-0.3, -0.25) is 4.79 Å². The summed E-state index contributed by atoms with van der Waals surface area (Å²) in [5, 5.41) is 4.01. The van der Waals surface area contributed by atoms with Crippen LogP contribution in [0.2, 0.25) is 0 Å². The molecule has 21 heavy (non-hydrogen) atoms. The van der Waals surface area contributed by atoms with E-state index in [0.29, 0.717) is 13.1 Å². The molecule has 1 aliphatic rings. The first-order chi connectivity index (χ1) is 10.3. The molecule has 1 aliphatic heterocycles. The Bertz CT molecular complexity index is 629. The predicted molar refractivity (Wildman–Crippen MR) is 80.5 cm³/mol. The molecule has 1 fully saturated rings. The van der Waals surface area contributed by atoms with Gasteiger partial charge in [-0.1, -0.05) is 0 Å². The van der Waals surface area contributed by atoms with Crippen molar-refractivity contribution in [3.8, 4) is 5.75 Å². The highest BCUT2D eigenvalue weighted by atomic mass is 16.5. The molecular weight excluding hydrogens is 268 g/mol. The fourth-order valence-electron chi connectivity index (χ4n) is 2.69. The summed E-state index contributed by atoms with van der Waals surface area (Å²) >= 11 is 0. The van der Waals surface area contributed by atoms with Crippen LogP contribution in [0.3, 0.4) is 0 Å². The smallest absolute Gasteiger partial charge is 0.240 e. The van der Waals surface area contributed by atoms with E-state index in [2.05, 4.69) is 5.32 Å². The van der Waals surface area contributed by atoms with Gasteiger partial charge in [0.1, 0.15) is 12.3 Å². The summed E-state index contributed by atoms with van der Waals surface area (Å²) in [6.07, 6.45) is 4.23. The van der Waals surface area contributed by atoms with E-state index >= 15 is 0 Å². The summed E-state index contributed by atoms with van der Waals surface area (Å²) in [4.78, 5) is 12.0. The summed E-state index contributed by atoms with van der Waals surface area (Å²) in [5.41, 5.74) is 1.03. The van der Waals surface area contributed by atoms with E-state index in [4.69, 9.17) is 9.47 Å². The molecule has 1 aromatic carbocycles. The highest BCUT2D eigenvalue weighted by molar-refractivity contribution is 5.84. The summed E-state index contributed by atoms with van der Waals surface area (Å²) in [7, 11) is 1.65. The Morgan fingerprint density at radius 1 is 1.48 bits per heavy atom. The number of benzene rings is 1. The molecule has 1 atom stereocenters. The quantitative estimate of drug-likeness (QED) is 0.915. The van der Waals surface area contributed by atoms with Gasteiger partial charge in [-0.15, -0.1) is 0 Å². The fraction of sp³-hybridized carbons (Fsp3) is 0.438. The minimum absolute atomic E-state index is 0.0128. The van der Waals surface area contributed by atoms with Crippen molar-refractivity contribution in [2.45, 2.75) is 25.5 Å². The maximum atomic E-state index is 12.0. The second kappa shape index (κ2) is 6.18. The molecule has 0 bridgehead atoms. The van der Waals surface area contributed by atoms with Gasteiger partial charge < -0.3 is 19.4 Å². The van der Waals surface area contributed by atoms with Crippen LogP contribution < -0.4 is 10.1 Å². The molecule has 112 valence electrons. The number of aromatic nitrogens is 1. The minimum atomic E-state index is 0.0128. The summed E-state index contributed by atoms with van der Waals surface area (Å²) < 4.78 is 12.6. The van der Waals surface area contributed by atoms with Crippen LogP contribution in [0.4, 0.5) is 0 Å². The number of methoxy groups -OCH3 is 1. The number of carbonyl (C=O) groups excluding carboxylic acids is 1. The molecule has 0 spiro atoms. The predicted octanol–water partition coefficient (Wildman–Crippen LogP) is 1.95. The summed E-state index contributed by atoms with van der Waals surface area (Å²) in [5.74, 6) is 0.835. The lowest BCUT2D eigenvalue weighted by atomic mass is 10.2. The topological polar surface area (TPSA) is 52.5 Å². The van der Waals surface area contributed by atoms with E-state index in [-0.39, 0.29) is 12.0 Å². The van der Waals surface area contributed by atoms with Crippen LogP contribution in [0.15, 0.2) is 30.5 Å². The Morgan fingerprint density at radius 2 is 2.38 bits per heavy atom. The van der Waals surface area contributed by atoms with Crippen LogP contribution in [0, 0.1) is 0 Å². The molecule has 0 saturated carbocycles. The molecule has 0 aliphatic carbocycles. The number of rotatable bonds is 5. The van der Waals surface area contributed by atoms with Crippen molar-refractivity contribution in [1.82, 2.24) is 9.88 Å². The van der Waals surface area contributed by atoms with Gasteiger partial charge in [0, 0.05) is 30.3 Å². The molecule has 3 rings (SSSR count). The molecule has 1 N–H and O–H groups in total. The van der Waals surface area contributed by atoms with E-state index < -0.39 is 0 Å². The van der Waals surface area contributed by atoms with Crippen molar-refractivity contribution in [2.24, 2.45) is 0 Å². The van der Waals surface area contributed by atoms with E-state index in [9.17, 15) is 4.79 Å². The van der Waals surface area contributed by atoms with Crippen LogP contribution in [-0.2, 0) is 16.1 Å². The van der Waals surface area contributed by atoms with Crippen LogP contribution in [-0.4, -0.2) is 36.8 Å². The first kappa shape index (κ1) is 13.9.